The van der Waals surface area contributed by atoms with E-state index in [0.717, 1.165) is 23.3 Å². The predicted molar refractivity (Wildman–Crippen MR) is 116 cm³/mol. The predicted octanol–water partition coefficient (Wildman–Crippen LogP) is 3.77. The van der Waals surface area contributed by atoms with E-state index >= 15 is 0 Å². The molecule has 3 aromatic carbocycles. The summed E-state index contributed by atoms with van der Waals surface area (Å²) in [5, 5.41) is 2.63. The molecule has 1 fully saturated rings. The summed E-state index contributed by atoms with van der Waals surface area (Å²) >= 11 is 0. The first-order chi connectivity index (χ1) is 14.9. The second kappa shape index (κ2) is 8.97. The Labute approximate surface area is 180 Å². The molecule has 4 rings (SSSR count). The molecule has 6 nitrogen and oxygen atoms in total. The summed E-state index contributed by atoms with van der Waals surface area (Å²) in [5.41, 5.74) is 2.16. The monoisotopic (exact) mass is 440 g/mol. The maximum atomic E-state index is 14.3. The van der Waals surface area contributed by atoms with Crippen molar-refractivity contribution in [2.75, 3.05) is 31.6 Å². The number of ether oxygens (including phenoxy) is 1. The second-order valence-corrected chi connectivity index (χ2v) is 8.99. The first kappa shape index (κ1) is 21.2. The average molecular weight is 440 g/mol. The summed E-state index contributed by atoms with van der Waals surface area (Å²) in [6.45, 7) is 1.03. The highest BCUT2D eigenvalue weighted by atomic mass is 32.2. The third kappa shape index (κ3) is 4.66. The van der Waals surface area contributed by atoms with E-state index in [1.165, 1.54) is 10.4 Å². The van der Waals surface area contributed by atoms with E-state index in [1.807, 2.05) is 42.5 Å². The molecular weight excluding hydrogens is 419 g/mol. The topological polar surface area (TPSA) is 75.7 Å². The fourth-order valence-corrected chi connectivity index (χ4v) is 4.78. The molecule has 0 bridgehead atoms. The zero-order valence-corrected chi connectivity index (χ0v) is 17.4. The Hall–Kier alpha value is -3.07. The standard InChI is InChI=1S/C23H21FN2O4S/c24-22-11-10-20(31(28,29)26-12-14-30-15-13-26)16-21(22)23(27)25-19-8-6-18(7-9-19)17-4-2-1-3-5-17/h1-11,16H,12-15H2,(H,25,27). The second-order valence-electron chi connectivity index (χ2n) is 7.06. The Kier molecular flexibility index (Phi) is 6.13. The van der Waals surface area contributed by atoms with Gasteiger partial charge in [0.2, 0.25) is 10.0 Å². The number of nitrogens with zero attached hydrogens (tertiary/aromatic N) is 1. The summed E-state index contributed by atoms with van der Waals surface area (Å²) < 4.78 is 46.4. The van der Waals surface area contributed by atoms with Crippen LogP contribution in [0.1, 0.15) is 10.4 Å². The molecule has 1 aliphatic rings. The van der Waals surface area contributed by atoms with E-state index in [4.69, 9.17) is 4.74 Å². The fourth-order valence-electron chi connectivity index (χ4n) is 3.35. The van der Waals surface area contributed by atoms with Gasteiger partial charge in [0, 0.05) is 18.8 Å². The van der Waals surface area contributed by atoms with Crippen LogP contribution in [0.25, 0.3) is 11.1 Å². The normalized spacial score (nSPS) is 14.9. The molecule has 0 radical (unpaired) electrons. The Morgan fingerprint density at radius 3 is 2.23 bits per heavy atom. The number of hydrogen-bond acceptors (Lipinski definition) is 4. The molecule has 1 saturated heterocycles. The SMILES string of the molecule is O=C(Nc1ccc(-c2ccccc2)cc1)c1cc(S(=O)(=O)N2CCOCC2)ccc1F. The van der Waals surface area contributed by atoms with E-state index in [2.05, 4.69) is 5.32 Å². The first-order valence-electron chi connectivity index (χ1n) is 9.79. The number of rotatable bonds is 5. The van der Waals surface area contributed by atoms with Crippen LogP contribution in [0.15, 0.2) is 77.7 Å². The van der Waals surface area contributed by atoms with E-state index in [9.17, 15) is 17.6 Å². The van der Waals surface area contributed by atoms with Crippen molar-refractivity contribution >= 4 is 21.6 Å². The molecule has 0 aliphatic carbocycles. The molecule has 1 heterocycles. The van der Waals surface area contributed by atoms with Gasteiger partial charge in [-0.3, -0.25) is 4.79 Å². The molecule has 8 heteroatoms. The number of carbonyl (C=O) groups excluding carboxylic acids is 1. The van der Waals surface area contributed by atoms with Crippen molar-refractivity contribution in [1.82, 2.24) is 4.31 Å². The minimum atomic E-state index is -3.84. The lowest BCUT2D eigenvalue weighted by Crippen LogP contribution is -2.40. The van der Waals surface area contributed by atoms with E-state index < -0.39 is 21.7 Å². The lowest BCUT2D eigenvalue weighted by molar-refractivity contribution is 0.0730. The van der Waals surface area contributed by atoms with Crippen LogP contribution in [0.4, 0.5) is 10.1 Å². The Balaban J connectivity index is 1.54. The van der Waals surface area contributed by atoms with Crippen LogP contribution in [0.3, 0.4) is 0 Å². The van der Waals surface area contributed by atoms with Crippen LogP contribution in [0.5, 0.6) is 0 Å². The molecule has 31 heavy (non-hydrogen) atoms. The number of sulfonamides is 1. The van der Waals surface area contributed by atoms with Crippen LogP contribution < -0.4 is 5.32 Å². The van der Waals surface area contributed by atoms with Gasteiger partial charge < -0.3 is 10.1 Å². The van der Waals surface area contributed by atoms with Crippen LogP contribution >= 0.6 is 0 Å². The van der Waals surface area contributed by atoms with Crippen molar-refractivity contribution < 1.29 is 22.3 Å². The summed E-state index contributed by atoms with van der Waals surface area (Å²) in [4.78, 5) is 12.5. The number of nitrogens with one attached hydrogen (secondary N) is 1. The van der Waals surface area contributed by atoms with Gasteiger partial charge in [0.25, 0.3) is 5.91 Å². The van der Waals surface area contributed by atoms with Gasteiger partial charge in [-0.25, -0.2) is 12.8 Å². The van der Waals surface area contributed by atoms with Crippen LogP contribution in [-0.2, 0) is 14.8 Å². The summed E-state index contributed by atoms with van der Waals surface area (Å²) in [6.07, 6.45) is 0. The minimum Gasteiger partial charge on any atom is -0.379 e. The van der Waals surface area contributed by atoms with Crippen LogP contribution in [0, 0.1) is 5.82 Å². The highest BCUT2D eigenvalue weighted by Gasteiger charge is 2.28. The lowest BCUT2D eigenvalue weighted by atomic mass is 10.1. The molecule has 0 unspecified atom stereocenters. The highest BCUT2D eigenvalue weighted by Crippen LogP contribution is 2.23. The van der Waals surface area contributed by atoms with Gasteiger partial charge in [0.15, 0.2) is 0 Å². The number of amides is 1. The zero-order chi connectivity index (χ0) is 21.8. The fraction of sp³-hybridized carbons (Fsp3) is 0.174. The molecule has 1 N–H and O–H groups in total. The number of anilines is 1. The molecule has 3 aromatic rings. The van der Waals surface area contributed by atoms with Crippen molar-refractivity contribution in [3.05, 3.63) is 84.2 Å². The van der Waals surface area contributed by atoms with Crippen molar-refractivity contribution in [1.29, 1.82) is 0 Å². The molecular formula is C23H21FN2O4S. The minimum absolute atomic E-state index is 0.125. The summed E-state index contributed by atoms with van der Waals surface area (Å²) in [7, 11) is -3.84. The molecule has 1 amide bonds. The van der Waals surface area contributed by atoms with E-state index in [0.29, 0.717) is 18.9 Å². The summed E-state index contributed by atoms with van der Waals surface area (Å²) in [5.74, 6) is -1.51. The third-order valence-electron chi connectivity index (χ3n) is 5.04. The van der Waals surface area contributed by atoms with Gasteiger partial charge >= 0.3 is 0 Å². The molecule has 0 aromatic heterocycles. The Morgan fingerprint density at radius 1 is 0.903 bits per heavy atom. The van der Waals surface area contributed by atoms with Crippen LogP contribution in [-0.4, -0.2) is 44.9 Å². The van der Waals surface area contributed by atoms with Crippen LogP contribution in [0.2, 0.25) is 0 Å². The van der Waals surface area contributed by atoms with Gasteiger partial charge in [0.05, 0.1) is 23.7 Å². The first-order valence-corrected chi connectivity index (χ1v) is 11.2. The zero-order valence-electron chi connectivity index (χ0n) is 16.6. The quantitative estimate of drug-likeness (QED) is 0.655. The van der Waals surface area contributed by atoms with Gasteiger partial charge in [-0.15, -0.1) is 0 Å². The Morgan fingerprint density at radius 2 is 1.55 bits per heavy atom. The van der Waals surface area contributed by atoms with Gasteiger partial charge in [-0.2, -0.15) is 4.31 Å². The van der Waals surface area contributed by atoms with Crippen molar-refractivity contribution in [3.8, 4) is 11.1 Å². The number of halogens is 1. The van der Waals surface area contributed by atoms with Gasteiger partial charge in [-0.1, -0.05) is 42.5 Å². The molecule has 160 valence electrons. The molecule has 0 atom stereocenters. The smallest absolute Gasteiger partial charge is 0.258 e. The summed E-state index contributed by atoms with van der Waals surface area (Å²) in [6, 6.07) is 20.1. The Bertz CT molecular complexity index is 1180. The number of benzene rings is 3. The molecule has 1 aliphatic heterocycles. The third-order valence-corrected chi connectivity index (χ3v) is 6.93. The van der Waals surface area contributed by atoms with Crippen molar-refractivity contribution in [2.45, 2.75) is 4.90 Å². The number of hydrogen-bond donors (Lipinski definition) is 1. The highest BCUT2D eigenvalue weighted by molar-refractivity contribution is 7.89. The van der Waals surface area contributed by atoms with Gasteiger partial charge in [0.1, 0.15) is 5.82 Å². The largest absolute Gasteiger partial charge is 0.379 e. The van der Waals surface area contributed by atoms with Crippen molar-refractivity contribution in [3.63, 3.8) is 0 Å². The number of morpholine rings is 1. The molecule has 0 spiro atoms. The van der Waals surface area contributed by atoms with Gasteiger partial charge in [-0.05, 0) is 41.5 Å². The lowest BCUT2D eigenvalue weighted by Gasteiger charge is -2.26. The maximum absolute atomic E-state index is 14.3. The van der Waals surface area contributed by atoms with E-state index in [1.54, 1.807) is 12.1 Å². The van der Waals surface area contributed by atoms with E-state index in [-0.39, 0.29) is 23.5 Å². The molecule has 0 saturated carbocycles. The maximum Gasteiger partial charge on any atom is 0.258 e. The number of carbonyl (C=O) groups is 1. The average Bonchev–Trinajstić information content (AvgIpc) is 2.81. The van der Waals surface area contributed by atoms with Crippen molar-refractivity contribution in [2.24, 2.45) is 0 Å².